The van der Waals surface area contributed by atoms with Gasteiger partial charge in [-0.3, -0.25) is 14.4 Å². The van der Waals surface area contributed by atoms with Gasteiger partial charge in [-0.1, -0.05) is 23.9 Å². The number of carbonyl (C=O) groups is 3. The Balaban J connectivity index is 1.78. The third-order valence-electron chi connectivity index (χ3n) is 5.48. The van der Waals surface area contributed by atoms with Crippen LogP contribution in [0.25, 0.3) is 0 Å². The van der Waals surface area contributed by atoms with Gasteiger partial charge < -0.3 is 20.3 Å². The molecular weight excluding hydrogens is 430 g/mol. The predicted octanol–water partition coefficient (Wildman–Crippen LogP) is 3.68. The molecule has 0 aromatic heterocycles. The molecule has 1 aliphatic heterocycles. The lowest BCUT2D eigenvalue weighted by molar-refractivity contribution is -0.145. The summed E-state index contributed by atoms with van der Waals surface area (Å²) in [5, 5.41) is 21.7. The standard InChI is InChI=1S/C24H27NO6S/c1-15(26)25-24(10-8-23(29)30,14-31-16(2)27)9-7-17-3-4-18-12-19-13-20(28)5-6-21(19)32-22(18)11-17/h3-6,11,13,28H,7-10,12,14H2,1-2H3,(H,25,26)(H,29,30). The van der Waals surface area contributed by atoms with E-state index in [0.717, 1.165) is 27.3 Å². The lowest BCUT2D eigenvalue weighted by atomic mass is 9.86. The molecule has 170 valence electrons. The fourth-order valence-corrected chi connectivity index (χ4v) is 5.01. The van der Waals surface area contributed by atoms with E-state index in [1.807, 2.05) is 12.1 Å². The first-order chi connectivity index (χ1) is 15.2. The average molecular weight is 458 g/mol. The normalized spacial score (nSPS) is 13.9. The molecule has 2 aromatic carbocycles. The number of aromatic hydroxyl groups is 1. The quantitative estimate of drug-likeness (QED) is 0.420. The molecule has 0 saturated heterocycles. The zero-order chi connectivity index (χ0) is 23.3. The van der Waals surface area contributed by atoms with E-state index in [-0.39, 0.29) is 31.1 Å². The number of rotatable bonds is 9. The number of phenols is 1. The maximum absolute atomic E-state index is 11.9. The highest BCUT2D eigenvalue weighted by atomic mass is 32.2. The second-order valence-corrected chi connectivity index (χ2v) is 9.23. The second-order valence-electron chi connectivity index (χ2n) is 8.15. The van der Waals surface area contributed by atoms with Gasteiger partial charge in [0.05, 0.1) is 5.54 Å². The minimum Gasteiger partial charge on any atom is -0.508 e. The van der Waals surface area contributed by atoms with Gasteiger partial charge in [0, 0.05) is 30.1 Å². The van der Waals surface area contributed by atoms with Crippen LogP contribution in [0.15, 0.2) is 46.2 Å². The minimum absolute atomic E-state index is 0.0776. The van der Waals surface area contributed by atoms with Crippen molar-refractivity contribution in [3.8, 4) is 5.75 Å². The zero-order valence-corrected chi connectivity index (χ0v) is 19.0. The first kappa shape index (κ1) is 23.7. The Morgan fingerprint density at radius 3 is 2.53 bits per heavy atom. The van der Waals surface area contributed by atoms with Crippen molar-refractivity contribution in [3.05, 3.63) is 53.1 Å². The summed E-state index contributed by atoms with van der Waals surface area (Å²) in [7, 11) is 0. The summed E-state index contributed by atoms with van der Waals surface area (Å²) in [6, 6.07) is 11.6. The van der Waals surface area contributed by atoms with E-state index in [9.17, 15) is 19.5 Å². The van der Waals surface area contributed by atoms with Gasteiger partial charge in [0.2, 0.25) is 5.91 Å². The van der Waals surface area contributed by atoms with Crippen molar-refractivity contribution in [1.29, 1.82) is 0 Å². The van der Waals surface area contributed by atoms with Gasteiger partial charge in [-0.2, -0.15) is 0 Å². The number of aryl methyl sites for hydroxylation is 1. The molecular formula is C24H27NO6S. The number of hydrogen-bond acceptors (Lipinski definition) is 6. The third kappa shape index (κ3) is 6.26. The van der Waals surface area contributed by atoms with Gasteiger partial charge in [0.25, 0.3) is 0 Å². The largest absolute Gasteiger partial charge is 0.508 e. The van der Waals surface area contributed by atoms with Gasteiger partial charge >= 0.3 is 11.9 Å². The van der Waals surface area contributed by atoms with Crippen LogP contribution in [0.5, 0.6) is 5.75 Å². The zero-order valence-electron chi connectivity index (χ0n) is 18.1. The van der Waals surface area contributed by atoms with Crippen LogP contribution >= 0.6 is 11.8 Å². The third-order valence-corrected chi connectivity index (χ3v) is 6.70. The van der Waals surface area contributed by atoms with Crippen LogP contribution in [0, 0.1) is 0 Å². The molecule has 3 N–H and O–H groups in total. The van der Waals surface area contributed by atoms with Gasteiger partial charge in [-0.05, 0) is 66.6 Å². The molecule has 3 rings (SSSR count). The highest BCUT2D eigenvalue weighted by molar-refractivity contribution is 7.99. The molecule has 0 radical (unpaired) electrons. The van der Waals surface area contributed by atoms with Gasteiger partial charge in [-0.25, -0.2) is 0 Å². The Kier molecular flexibility index (Phi) is 7.45. The molecule has 0 fully saturated rings. The SMILES string of the molecule is CC(=O)NC(CCC(=O)O)(CCc1ccc2c(c1)Sc1ccc(O)cc1C2)COC(C)=O. The number of benzene rings is 2. The fourth-order valence-electron chi connectivity index (χ4n) is 3.90. The molecule has 1 heterocycles. The summed E-state index contributed by atoms with van der Waals surface area (Å²) in [6.07, 6.45) is 1.77. The number of hydrogen-bond donors (Lipinski definition) is 3. The molecule has 7 nitrogen and oxygen atoms in total. The highest BCUT2D eigenvalue weighted by Gasteiger charge is 2.33. The van der Waals surface area contributed by atoms with Crippen LogP contribution in [0.1, 0.15) is 49.8 Å². The van der Waals surface area contributed by atoms with E-state index in [2.05, 4.69) is 17.4 Å². The number of nitrogens with one attached hydrogen (secondary N) is 1. The monoisotopic (exact) mass is 457 g/mol. The second kappa shape index (κ2) is 10.1. The van der Waals surface area contributed by atoms with Crippen molar-refractivity contribution >= 4 is 29.6 Å². The molecule has 1 aliphatic rings. The average Bonchev–Trinajstić information content (AvgIpc) is 2.72. The van der Waals surface area contributed by atoms with Crippen molar-refractivity contribution in [1.82, 2.24) is 5.32 Å². The summed E-state index contributed by atoms with van der Waals surface area (Å²) in [5.41, 5.74) is 2.36. The molecule has 2 aromatic rings. The van der Waals surface area contributed by atoms with Crippen LogP contribution in [-0.2, 0) is 32.0 Å². The lowest BCUT2D eigenvalue weighted by Gasteiger charge is -2.34. The first-order valence-corrected chi connectivity index (χ1v) is 11.2. The van der Waals surface area contributed by atoms with E-state index in [0.29, 0.717) is 12.8 Å². The van der Waals surface area contributed by atoms with Crippen molar-refractivity contribution in [2.75, 3.05) is 6.61 Å². The molecule has 0 spiro atoms. The number of ether oxygens (including phenoxy) is 1. The van der Waals surface area contributed by atoms with E-state index >= 15 is 0 Å². The van der Waals surface area contributed by atoms with E-state index in [1.165, 1.54) is 19.4 Å². The van der Waals surface area contributed by atoms with Crippen molar-refractivity contribution in [3.63, 3.8) is 0 Å². The molecule has 0 saturated carbocycles. The van der Waals surface area contributed by atoms with Crippen molar-refractivity contribution < 1.29 is 29.3 Å². The Morgan fingerprint density at radius 1 is 1.06 bits per heavy atom. The van der Waals surface area contributed by atoms with Crippen LogP contribution in [0.4, 0.5) is 0 Å². The minimum atomic E-state index is -0.975. The Hall–Kier alpha value is -3.00. The van der Waals surface area contributed by atoms with Crippen LogP contribution in [0.3, 0.4) is 0 Å². The number of carboxylic acids is 1. The van der Waals surface area contributed by atoms with E-state index in [1.54, 1.807) is 23.9 Å². The van der Waals surface area contributed by atoms with E-state index < -0.39 is 17.5 Å². The lowest BCUT2D eigenvalue weighted by Crippen LogP contribution is -2.52. The predicted molar refractivity (Wildman–Crippen MR) is 120 cm³/mol. The maximum atomic E-state index is 11.9. The van der Waals surface area contributed by atoms with Gasteiger partial charge in [-0.15, -0.1) is 0 Å². The van der Waals surface area contributed by atoms with Crippen molar-refractivity contribution in [2.45, 2.75) is 61.3 Å². The molecule has 32 heavy (non-hydrogen) atoms. The van der Waals surface area contributed by atoms with Crippen LogP contribution < -0.4 is 5.32 Å². The topological polar surface area (TPSA) is 113 Å². The molecule has 1 atom stereocenters. The fraction of sp³-hybridized carbons (Fsp3) is 0.375. The summed E-state index contributed by atoms with van der Waals surface area (Å²) >= 11 is 1.65. The van der Waals surface area contributed by atoms with Gasteiger partial charge in [0.1, 0.15) is 12.4 Å². The number of fused-ring (bicyclic) bond motifs is 2. The Morgan fingerprint density at radius 2 is 1.84 bits per heavy atom. The maximum Gasteiger partial charge on any atom is 0.303 e. The molecule has 1 amide bonds. The number of aliphatic carboxylic acids is 1. The number of amides is 1. The molecule has 0 aliphatic carbocycles. The van der Waals surface area contributed by atoms with E-state index in [4.69, 9.17) is 9.84 Å². The number of carboxylic acid groups (broad SMARTS) is 1. The summed E-state index contributed by atoms with van der Waals surface area (Å²) in [6.45, 7) is 2.58. The summed E-state index contributed by atoms with van der Waals surface area (Å²) < 4.78 is 5.20. The van der Waals surface area contributed by atoms with Gasteiger partial charge in [0.15, 0.2) is 0 Å². The first-order valence-electron chi connectivity index (χ1n) is 10.4. The number of carbonyl (C=O) groups excluding carboxylic acids is 2. The summed E-state index contributed by atoms with van der Waals surface area (Å²) in [4.78, 5) is 36.7. The number of phenolic OH excluding ortho intramolecular Hbond substituents is 1. The van der Waals surface area contributed by atoms with Crippen LogP contribution in [0.2, 0.25) is 0 Å². The molecule has 1 unspecified atom stereocenters. The van der Waals surface area contributed by atoms with Crippen molar-refractivity contribution in [2.24, 2.45) is 0 Å². The highest BCUT2D eigenvalue weighted by Crippen LogP contribution is 2.41. The molecule has 8 heteroatoms. The summed E-state index contributed by atoms with van der Waals surface area (Å²) in [5.74, 6) is -1.50. The number of esters is 1. The smallest absolute Gasteiger partial charge is 0.303 e. The molecule has 0 bridgehead atoms. The Labute approximate surface area is 191 Å². The Bertz CT molecular complexity index is 1020. The van der Waals surface area contributed by atoms with Crippen LogP contribution in [-0.4, -0.2) is 40.2 Å².